The van der Waals surface area contributed by atoms with E-state index in [0.717, 1.165) is 5.82 Å². The molecule has 1 aromatic carbocycles. The fourth-order valence-corrected chi connectivity index (χ4v) is 3.91. The molecule has 0 unspecified atom stereocenters. The molecular weight excluding hydrogens is 402 g/mol. The Labute approximate surface area is 169 Å². The topological polar surface area (TPSA) is 126 Å². The second kappa shape index (κ2) is 10.4. The number of rotatable bonds is 11. The first-order valence-electron chi connectivity index (χ1n) is 8.77. The van der Waals surface area contributed by atoms with Gasteiger partial charge in [0.05, 0.1) is 4.90 Å². The summed E-state index contributed by atoms with van der Waals surface area (Å²) in [4.78, 5) is 16.1. The summed E-state index contributed by atoms with van der Waals surface area (Å²) in [5, 5.41) is 10.1. The summed E-state index contributed by atoms with van der Waals surface area (Å²) in [6.45, 7) is 6.35. The van der Waals surface area contributed by atoms with Crippen molar-refractivity contribution in [3.8, 4) is 5.75 Å². The van der Waals surface area contributed by atoms with Gasteiger partial charge >= 0.3 is 0 Å². The summed E-state index contributed by atoms with van der Waals surface area (Å²) in [5.74, 6) is 1.76. The molecule has 0 saturated heterocycles. The molecule has 1 amide bonds. The molecule has 0 aliphatic carbocycles. The van der Waals surface area contributed by atoms with E-state index in [4.69, 9.17) is 4.74 Å². The SMILES string of the molecule is Cc1nc(SCCNC(=O)COc2ccc(S(=O)(=O)NCC(C)C)cc2)n[nH]1. The van der Waals surface area contributed by atoms with Gasteiger partial charge in [0.2, 0.25) is 15.2 Å². The third-order valence-corrected chi connectivity index (χ3v) is 5.71. The van der Waals surface area contributed by atoms with Crippen LogP contribution in [-0.4, -0.2) is 55.0 Å². The van der Waals surface area contributed by atoms with Gasteiger partial charge < -0.3 is 10.1 Å². The maximum atomic E-state index is 12.1. The number of carbonyl (C=O) groups is 1. The van der Waals surface area contributed by atoms with Crippen molar-refractivity contribution in [1.29, 1.82) is 0 Å². The molecule has 2 rings (SSSR count). The van der Waals surface area contributed by atoms with Crippen LogP contribution < -0.4 is 14.8 Å². The van der Waals surface area contributed by atoms with Gasteiger partial charge in [-0.25, -0.2) is 18.1 Å². The zero-order valence-corrected chi connectivity index (χ0v) is 17.7. The number of aromatic amines is 1. The average molecular weight is 428 g/mol. The van der Waals surface area contributed by atoms with E-state index < -0.39 is 10.0 Å². The molecule has 2 aromatic rings. The lowest BCUT2D eigenvalue weighted by atomic mass is 10.2. The van der Waals surface area contributed by atoms with E-state index >= 15 is 0 Å². The van der Waals surface area contributed by atoms with E-state index in [1.807, 2.05) is 20.8 Å². The molecule has 28 heavy (non-hydrogen) atoms. The highest BCUT2D eigenvalue weighted by Gasteiger charge is 2.14. The van der Waals surface area contributed by atoms with E-state index in [0.29, 0.717) is 29.7 Å². The number of hydrogen-bond acceptors (Lipinski definition) is 7. The highest BCUT2D eigenvalue weighted by molar-refractivity contribution is 7.99. The summed E-state index contributed by atoms with van der Waals surface area (Å²) >= 11 is 1.44. The van der Waals surface area contributed by atoms with E-state index in [2.05, 4.69) is 25.2 Å². The zero-order chi connectivity index (χ0) is 20.6. The van der Waals surface area contributed by atoms with Crippen molar-refractivity contribution in [3.63, 3.8) is 0 Å². The Morgan fingerprint density at radius 2 is 2.00 bits per heavy atom. The van der Waals surface area contributed by atoms with Crippen LogP contribution in [0.4, 0.5) is 0 Å². The Morgan fingerprint density at radius 3 is 2.61 bits per heavy atom. The maximum absolute atomic E-state index is 12.1. The van der Waals surface area contributed by atoms with Crippen LogP contribution in [0.1, 0.15) is 19.7 Å². The predicted octanol–water partition coefficient (Wildman–Crippen LogP) is 1.33. The molecule has 154 valence electrons. The fraction of sp³-hybridized carbons (Fsp3) is 0.471. The molecule has 1 heterocycles. The monoisotopic (exact) mass is 427 g/mol. The van der Waals surface area contributed by atoms with Crippen LogP contribution in [0.5, 0.6) is 5.75 Å². The first-order valence-corrected chi connectivity index (χ1v) is 11.2. The molecule has 0 aliphatic heterocycles. The minimum absolute atomic E-state index is 0.151. The van der Waals surface area contributed by atoms with E-state index in [1.165, 1.54) is 36.0 Å². The van der Waals surface area contributed by atoms with Crippen molar-refractivity contribution >= 4 is 27.7 Å². The molecule has 0 saturated carbocycles. The van der Waals surface area contributed by atoms with Gasteiger partial charge in [0.25, 0.3) is 5.91 Å². The lowest BCUT2D eigenvalue weighted by molar-refractivity contribution is -0.122. The highest BCUT2D eigenvalue weighted by Crippen LogP contribution is 2.16. The van der Waals surface area contributed by atoms with Crippen LogP contribution in [0.25, 0.3) is 0 Å². The van der Waals surface area contributed by atoms with Crippen LogP contribution in [0.3, 0.4) is 0 Å². The number of carbonyl (C=O) groups excluding carboxylic acids is 1. The van der Waals surface area contributed by atoms with Crippen molar-refractivity contribution < 1.29 is 17.9 Å². The number of amides is 1. The Morgan fingerprint density at radius 1 is 1.29 bits per heavy atom. The van der Waals surface area contributed by atoms with E-state index in [9.17, 15) is 13.2 Å². The normalized spacial score (nSPS) is 11.6. The molecule has 0 spiro atoms. The third-order valence-electron chi connectivity index (χ3n) is 3.42. The van der Waals surface area contributed by atoms with E-state index in [1.54, 1.807) is 0 Å². The van der Waals surface area contributed by atoms with Gasteiger partial charge in [0.1, 0.15) is 11.6 Å². The lowest BCUT2D eigenvalue weighted by Gasteiger charge is -2.10. The molecule has 0 aliphatic rings. The van der Waals surface area contributed by atoms with Crippen LogP contribution in [-0.2, 0) is 14.8 Å². The second-order valence-electron chi connectivity index (χ2n) is 6.41. The number of aryl methyl sites for hydroxylation is 1. The number of nitrogens with zero attached hydrogens (tertiary/aromatic N) is 2. The molecule has 3 N–H and O–H groups in total. The van der Waals surface area contributed by atoms with Crippen LogP contribution in [0, 0.1) is 12.8 Å². The first kappa shape index (κ1) is 22.2. The number of benzene rings is 1. The Kier molecular flexibility index (Phi) is 8.27. The van der Waals surface area contributed by atoms with Crippen LogP contribution in [0.15, 0.2) is 34.3 Å². The second-order valence-corrected chi connectivity index (χ2v) is 9.24. The van der Waals surface area contributed by atoms with Crippen molar-refractivity contribution in [1.82, 2.24) is 25.2 Å². The molecule has 0 atom stereocenters. The number of hydrogen-bond donors (Lipinski definition) is 3. The summed E-state index contributed by atoms with van der Waals surface area (Å²) in [6, 6.07) is 5.95. The fourth-order valence-electron chi connectivity index (χ4n) is 1.99. The molecular formula is C17H25N5O4S2. The number of sulfonamides is 1. The van der Waals surface area contributed by atoms with Crippen LogP contribution >= 0.6 is 11.8 Å². The molecule has 0 fully saturated rings. The predicted molar refractivity (Wildman–Crippen MR) is 107 cm³/mol. The Bertz CT molecular complexity index is 866. The number of aromatic nitrogens is 3. The third kappa shape index (κ3) is 7.49. The Balaban J connectivity index is 1.71. The van der Waals surface area contributed by atoms with E-state index in [-0.39, 0.29) is 23.3 Å². The average Bonchev–Trinajstić information content (AvgIpc) is 3.07. The highest BCUT2D eigenvalue weighted by atomic mass is 32.2. The number of thioether (sulfide) groups is 1. The smallest absolute Gasteiger partial charge is 0.257 e. The van der Waals surface area contributed by atoms with Gasteiger partial charge in [-0.3, -0.25) is 9.89 Å². The van der Waals surface area contributed by atoms with Gasteiger partial charge in [-0.1, -0.05) is 25.6 Å². The van der Waals surface area contributed by atoms with Gasteiger partial charge in [0, 0.05) is 18.8 Å². The van der Waals surface area contributed by atoms with Crippen molar-refractivity contribution in [2.75, 3.05) is 25.4 Å². The number of nitrogens with one attached hydrogen (secondary N) is 3. The minimum atomic E-state index is -3.54. The largest absolute Gasteiger partial charge is 0.484 e. The molecule has 9 nitrogen and oxygen atoms in total. The molecule has 0 bridgehead atoms. The first-order chi connectivity index (χ1) is 13.3. The van der Waals surface area contributed by atoms with Crippen LogP contribution in [0.2, 0.25) is 0 Å². The zero-order valence-electron chi connectivity index (χ0n) is 16.1. The standard InChI is InChI=1S/C17H25N5O4S2/c1-12(2)10-19-28(24,25)15-6-4-14(5-7-15)26-11-16(23)18-8-9-27-17-20-13(3)21-22-17/h4-7,12,19H,8-11H2,1-3H3,(H,18,23)(H,20,21,22). The van der Waals surface area contributed by atoms with Gasteiger partial charge in [-0.2, -0.15) is 0 Å². The minimum Gasteiger partial charge on any atom is -0.484 e. The summed E-state index contributed by atoms with van der Waals surface area (Å²) in [6.07, 6.45) is 0. The summed E-state index contributed by atoms with van der Waals surface area (Å²) in [7, 11) is -3.54. The van der Waals surface area contributed by atoms with Crippen molar-refractivity contribution in [2.45, 2.75) is 30.8 Å². The van der Waals surface area contributed by atoms with Gasteiger partial charge in [-0.05, 0) is 37.1 Å². The van der Waals surface area contributed by atoms with Gasteiger partial charge in [0.15, 0.2) is 6.61 Å². The Hall–Kier alpha value is -2.11. The van der Waals surface area contributed by atoms with Gasteiger partial charge in [-0.15, -0.1) is 5.10 Å². The quantitative estimate of drug-likeness (QED) is 0.365. The molecule has 1 aromatic heterocycles. The number of H-pyrrole nitrogens is 1. The van der Waals surface area contributed by atoms with Crippen molar-refractivity contribution in [2.24, 2.45) is 5.92 Å². The lowest BCUT2D eigenvalue weighted by Crippen LogP contribution is -2.30. The number of ether oxygens (including phenoxy) is 1. The molecule has 0 radical (unpaired) electrons. The maximum Gasteiger partial charge on any atom is 0.257 e. The summed E-state index contributed by atoms with van der Waals surface area (Å²) < 4.78 is 32.2. The molecule has 11 heteroatoms. The van der Waals surface area contributed by atoms with Crippen molar-refractivity contribution in [3.05, 3.63) is 30.1 Å². The summed E-state index contributed by atoms with van der Waals surface area (Å²) in [5.41, 5.74) is 0.